The normalized spacial score (nSPS) is 41.4. The van der Waals surface area contributed by atoms with Crippen molar-refractivity contribution in [2.24, 2.45) is 5.92 Å². The van der Waals surface area contributed by atoms with Crippen LogP contribution in [0.3, 0.4) is 0 Å². The molecule has 2 rings (SSSR count). The Kier molecular flexibility index (Phi) is 2.69. The van der Waals surface area contributed by atoms with E-state index >= 15 is 0 Å². The number of carbonyl (C=O) groups is 1. The summed E-state index contributed by atoms with van der Waals surface area (Å²) in [5.41, 5.74) is -2.15. The minimum atomic E-state index is -4.21. The van der Waals surface area contributed by atoms with Crippen molar-refractivity contribution in [1.82, 2.24) is 0 Å². The Hall–Kier alpha value is -0.780. The van der Waals surface area contributed by atoms with Gasteiger partial charge in [-0.2, -0.15) is 13.2 Å². The maximum Gasteiger partial charge on any atom is 0.391 e. The van der Waals surface area contributed by atoms with Crippen molar-refractivity contribution in [3.63, 3.8) is 0 Å². The first kappa shape index (κ1) is 12.7. The average Bonchev–Trinajstić information content (AvgIpc) is 2.82. The lowest BCUT2D eigenvalue weighted by Gasteiger charge is -2.29. The van der Waals surface area contributed by atoms with Gasteiger partial charge in [-0.1, -0.05) is 0 Å². The number of alkyl halides is 3. The molecule has 2 fully saturated rings. The highest BCUT2D eigenvalue weighted by Gasteiger charge is 2.74. The zero-order valence-corrected chi connectivity index (χ0v) is 9.76. The average molecular weight is 252 g/mol. The van der Waals surface area contributed by atoms with E-state index in [0.29, 0.717) is 12.8 Å². The molecule has 3 nitrogen and oxygen atoms in total. The first-order chi connectivity index (χ1) is 7.75. The first-order valence-corrected chi connectivity index (χ1v) is 5.60. The largest absolute Gasteiger partial charge is 0.467 e. The molecule has 1 aliphatic carbocycles. The molecule has 1 aliphatic heterocycles. The molecule has 98 valence electrons. The lowest BCUT2D eigenvalue weighted by Crippen LogP contribution is -2.39. The second-order valence-electron chi connectivity index (χ2n) is 4.96. The summed E-state index contributed by atoms with van der Waals surface area (Å²) in [6.07, 6.45) is -3.31. The number of hydrogen-bond donors (Lipinski definition) is 0. The molecule has 1 heterocycles. The predicted octanol–water partition coefficient (Wildman–Crippen LogP) is 2.44. The number of hydrogen-bond acceptors (Lipinski definition) is 3. The van der Waals surface area contributed by atoms with E-state index in [2.05, 4.69) is 4.74 Å². The van der Waals surface area contributed by atoms with Crippen molar-refractivity contribution >= 4 is 5.97 Å². The zero-order valence-electron chi connectivity index (χ0n) is 9.76. The van der Waals surface area contributed by atoms with Crippen LogP contribution in [0.15, 0.2) is 0 Å². The van der Waals surface area contributed by atoms with Crippen LogP contribution in [0.5, 0.6) is 0 Å². The molecule has 1 saturated carbocycles. The van der Waals surface area contributed by atoms with Crippen LogP contribution < -0.4 is 0 Å². The molecular weight excluding hydrogens is 237 g/mol. The second-order valence-corrected chi connectivity index (χ2v) is 4.96. The summed E-state index contributed by atoms with van der Waals surface area (Å²) in [4.78, 5) is 11.5. The monoisotopic (exact) mass is 252 g/mol. The highest BCUT2D eigenvalue weighted by molar-refractivity contribution is 5.84. The highest BCUT2D eigenvalue weighted by Crippen LogP contribution is 2.59. The van der Waals surface area contributed by atoms with Gasteiger partial charge in [0.05, 0.1) is 13.0 Å². The molecule has 0 aromatic carbocycles. The Balaban J connectivity index is 2.12. The van der Waals surface area contributed by atoms with Crippen molar-refractivity contribution in [2.75, 3.05) is 7.11 Å². The number of rotatable bonds is 1. The molecule has 3 unspecified atom stereocenters. The minimum absolute atomic E-state index is 0.117. The molecular formula is C11H15F3O3. The summed E-state index contributed by atoms with van der Waals surface area (Å²) in [5, 5.41) is 0. The Morgan fingerprint density at radius 2 is 2.12 bits per heavy atom. The first-order valence-electron chi connectivity index (χ1n) is 5.60. The fourth-order valence-corrected chi connectivity index (χ4v) is 2.83. The number of methoxy groups -OCH3 is 1. The number of carbonyl (C=O) groups excluding carboxylic acids is 1. The SMILES string of the molecule is COC(=O)C1(C)OC12CCCC(C(F)(F)F)C2. The molecule has 6 heteroatoms. The summed E-state index contributed by atoms with van der Waals surface area (Å²) in [6.45, 7) is 1.51. The van der Waals surface area contributed by atoms with Crippen LogP contribution in [-0.2, 0) is 14.3 Å². The van der Waals surface area contributed by atoms with Crippen LogP contribution in [-0.4, -0.2) is 30.5 Å². The van der Waals surface area contributed by atoms with Gasteiger partial charge in [-0.05, 0) is 32.6 Å². The zero-order chi connectivity index (χ0) is 12.9. The lowest BCUT2D eigenvalue weighted by molar-refractivity contribution is -0.187. The van der Waals surface area contributed by atoms with Crippen LogP contribution in [0.2, 0.25) is 0 Å². The van der Waals surface area contributed by atoms with Gasteiger partial charge in [-0.25, -0.2) is 4.79 Å². The summed E-state index contributed by atoms with van der Waals surface area (Å²) >= 11 is 0. The smallest absolute Gasteiger partial charge is 0.391 e. The van der Waals surface area contributed by atoms with Gasteiger partial charge in [-0.3, -0.25) is 0 Å². The van der Waals surface area contributed by atoms with Crippen molar-refractivity contribution < 1.29 is 27.4 Å². The van der Waals surface area contributed by atoms with E-state index in [1.54, 1.807) is 0 Å². The number of halogens is 3. The van der Waals surface area contributed by atoms with Crippen LogP contribution in [0, 0.1) is 5.92 Å². The van der Waals surface area contributed by atoms with E-state index in [1.165, 1.54) is 14.0 Å². The fraction of sp³-hybridized carbons (Fsp3) is 0.909. The van der Waals surface area contributed by atoms with E-state index < -0.39 is 29.3 Å². The van der Waals surface area contributed by atoms with Gasteiger partial charge >= 0.3 is 12.1 Å². The van der Waals surface area contributed by atoms with Gasteiger partial charge in [0.1, 0.15) is 5.60 Å². The van der Waals surface area contributed by atoms with E-state index in [4.69, 9.17) is 4.74 Å². The number of esters is 1. The lowest BCUT2D eigenvalue weighted by atomic mass is 9.75. The maximum absolute atomic E-state index is 12.7. The molecule has 1 spiro atoms. The van der Waals surface area contributed by atoms with Gasteiger partial charge in [0, 0.05) is 0 Å². The molecule has 0 bridgehead atoms. The van der Waals surface area contributed by atoms with Gasteiger partial charge in [0.15, 0.2) is 5.60 Å². The van der Waals surface area contributed by atoms with Gasteiger partial charge in [0.25, 0.3) is 0 Å². The van der Waals surface area contributed by atoms with Gasteiger partial charge in [-0.15, -0.1) is 0 Å². The third kappa shape index (κ3) is 1.82. The third-order valence-corrected chi connectivity index (χ3v) is 3.97. The summed E-state index contributed by atoms with van der Waals surface area (Å²) in [7, 11) is 1.22. The molecule has 1 saturated heterocycles. The molecule has 2 aliphatic rings. The van der Waals surface area contributed by atoms with Crippen molar-refractivity contribution in [2.45, 2.75) is 50.0 Å². The van der Waals surface area contributed by atoms with Gasteiger partial charge in [0.2, 0.25) is 0 Å². The summed E-state index contributed by atoms with van der Waals surface area (Å²) < 4.78 is 47.9. The molecule has 0 radical (unpaired) electrons. The van der Waals surface area contributed by atoms with Crippen LogP contribution in [0.4, 0.5) is 13.2 Å². The van der Waals surface area contributed by atoms with Crippen LogP contribution in [0.1, 0.15) is 32.6 Å². The van der Waals surface area contributed by atoms with E-state index in [-0.39, 0.29) is 12.8 Å². The Labute approximate surface area is 97.3 Å². The standard InChI is InChI=1S/C11H15F3O3/c1-9(8(15)16-2)10(17-9)5-3-4-7(6-10)11(12,13)14/h7H,3-6H2,1-2H3. The third-order valence-electron chi connectivity index (χ3n) is 3.97. The summed E-state index contributed by atoms with van der Waals surface area (Å²) in [6, 6.07) is 0. The predicted molar refractivity (Wildman–Crippen MR) is 52.3 cm³/mol. The van der Waals surface area contributed by atoms with Crippen LogP contribution in [0.25, 0.3) is 0 Å². The van der Waals surface area contributed by atoms with Crippen molar-refractivity contribution in [3.8, 4) is 0 Å². The second kappa shape index (κ2) is 3.60. The molecule has 17 heavy (non-hydrogen) atoms. The summed E-state index contributed by atoms with van der Waals surface area (Å²) in [5.74, 6) is -1.96. The molecule has 0 aromatic rings. The Morgan fingerprint density at radius 1 is 1.47 bits per heavy atom. The Morgan fingerprint density at radius 3 is 2.65 bits per heavy atom. The molecule has 0 N–H and O–H groups in total. The minimum Gasteiger partial charge on any atom is -0.467 e. The van der Waals surface area contributed by atoms with Gasteiger partial charge < -0.3 is 9.47 Å². The van der Waals surface area contributed by atoms with E-state index in [0.717, 1.165) is 0 Å². The van der Waals surface area contributed by atoms with E-state index in [1.807, 2.05) is 0 Å². The molecule has 0 amide bonds. The highest BCUT2D eigenvalue weighted by atomic mass is 19.4. The van der Waals surface area contributed by atoms with Crippen LogP contribution >= 0.6 is 0 Å². The maximum atomic E-state index is 12.7. The molecule has 0 aromatic heterocycles. The number of ether oxygens (including phenoxy) is 2. The van der Waals surface area contributed by atoms with Crippen molar-refractivity contribution in [3.05, 3.63) is 0 Å². The fourth-order valence-electron chi connectivity index (χ4n) is 2.83. The van der Waals surface area contributed by atoms with Crippen molar-refractivity contribution in [1.29, 1.82) is 0 Å². The number of epoxide rings is 1. The topological polar surface area (TPSA) is 38.8 Å². The molecule has 3 atom stereocenters. The quantitative estimate of drug-likeness (QED) is 0.531. The Bertz CT molecular complexity index is 341. The van der Waals surface area contributed by atoms with E-state index in [9.17, 15) is 18.0 Å².